The van der Waals surface area contributed by atoms with E-state index in [2.05, 4.69) is 9.97 Å². The van der Waals surface area contributed by atoms with Gasteiger partial charge in [0.15, 0.2) is 12.0 Å². The third-order valence-corrected chi connectivity index (χ3v) is 5.18. The summed E-state index contributed by atoms with van der Waals surface area (Å²) in [6.45, 7) is 3.75. The van der Waals surface area contributed by atoms with Crippen molar-refractivity contribution in [3.05, 3.63) is 23.7 Å². The summed E-state index contributed by atoms with van der Waals surface area (Å²) >= 11 is 6.12. The van der Waals surface area contributed by atoms with Crippen LogP contribution in [0.15, 0.2) is 18.6 Å². The minimum absolute atomic E-state index is 0.299. The molecule has 0 amide bonds. The highest BCUT2D eigenvalue weighted by molar-refractivity contribution is 6.33. The molecule has 1 N–H and O–H groups in total. The summed E-state index contributed by atoms with van der Waals surface area (Å²) in [5.41, 5.74) is -0.00878. The molecule has 122 valence electrons. The zero-order valence-electron chi connectivity index (χ0n) is 12.6. The summed E-state index contributed by atoms with van der Waals surface area (Å²) in [5.74, 6) is -0.706. The number of ether oxygens (including phenoxy) is 3. The van der Waals surface area contributed by atoms with Crippen LogP contribution in [0.2, 0.25) is 5.15 Å². The third-order valence-electron chi connectivity index (χ3n) is 4.88. The number of hydrogen-bond acceptors (Lipinski definition) is 6. The van der Waals surface area contributed by atoms with E-state index in [4.69, 9.17) is 25.8 Å². The van der Waals surface area contributed by atoms with E-state index in [1.165, 1.54) is 6.33 Å². The Morgan fingerprint density at radius 3 is 2.83 bits per heavy atom. The van der Waals surface area contributed by atoms with Crippen LogP contribution < -0.4 is 0 Å². The monoisotopic (exact) mass is 337 g/mol. The Balaban J connectivity index is 1.61. The number of aromatic nitrogens is 3. The molecule has 2 aliphatic heterocycles. The van der Waals surface area contributed by atoms with Gasteiger partial charge in [0.1, 0.15) is 34.9 Å². The van der Waals surface area contributed by atoms with Crippen molar-refractivity contribution in [3.8, 4) is 0 Å². The molecule has 0 radical (unpaired) electrons. The molecular weight excluding hydrogens is 322 g/mol. The average Bonchev–Trinajstić information content (AvgIpc) is 2.80. The Hall–Kier alpha value is -1.25. The highest BCUT2D eigenvalue weighted by Gasteiger charge is 2.73. The van der Waals surface area contributed by atoms with Crippen LogP contribution in [0.3, 0.4) is 0 Å². The maximum Gasteiger partial charge on any atom is 0.165 e. The molecule has 2 saturated heterocycles. The topological polar surface area (TPSA) is 78.6 Å². The molecule has 7 nitrogen and oxygen atoms in total. The van der Waals surface area contributed by atoms with E-state index < -0.39 is 23.7 Å². The van der Waals surface area contributed by atoms with Crippen molar-refractivity contribution < 1.29 is 19.3 Å². The maximum absolute atomic E-state index is 10.1. The maximum atomic E-state index is 10.1. The highest BCUT2D eigenvalue weighted by Crippen LogP contribution is 2.59. The zero-order valence-corrected chi connectivity index (χ0v) is 13.4. The first kappa shape index (κ1) is 14.1. The van der Waals surface area contributed by atoms with E-state index in [-0.39, 0.29) is 12.2 Å². The predicted octanol–water partition coefficient (Wildman–Crippen LogP) is 1.64. The molecule has 0 bridgehead atoms. The van der Waals surface area contributed by atoms with Crippen LogP contribution in [0, 0.1) is 0 Å². The Labute approximate surface area is 137 Å². The lowest BCUT2D eigenvalue weighted by Gasteiger charge is -2.25. The van der Waals surface area contributed by atoms with E-state index in [1.807, 2.05) is 30.7 Å². The summed E-state index contributed by atoms with van der Waals surface area (Å²) in [6.07, 6.45) is 2.26. The first-order valence-electron chi connectivity index (χ1n) is 7.60. The molecule has 23 heavy (non-hydrogen) atoms. The van der Waals surface area contributed by atoms with Gasteiger partial charge in [-0.25, -0.2) is 9.97 Å². The second kappa shape index (κ2) is 4.23. The smallest absolute Gasteiger partial charge is 0.165 e. The van der Waals surface area contributed by atoms with E-state index in [0.717, 1.165) is 5.39 Å². The van der Waals surface area contributed by atoms with E-state index in [1.54, 1.807) is 0 Å². The van der Waals surface area contributed by atoms with Gasteiger partial charge < -0.3 is 23.9 Å². The lowest BCUT2D eigenvalue weighted by atomic mass is 10.1. The van der Waals surface area contributed by atoms with Crippen LogP contribution in [0.1, 0.15) is 26.5 Å². The molecule has 2 unspecified atom stereocenters. The van der Waals surface area contributed by atoms with Crippen molar-refractivity contribution in [2.75, 3.05) is 0 Å². The Morgan fingerprint density at radius 1 is 1.30 bits per heavy atom. The average molecular weight is 338 g/mol. The van der Waals surface area contributed by atoms with Gasteiger partial charge >= 0.3 is 0 Å². The molecule has 1 saturated carbocycles. The number of aliphatic hydroxyl groups is 1. The van der Waals surface area contributed by atoms with Crippen molar-refractivity contribution in [1.82, 2.24) is 14.5 Å². The van der Waals surface area contributed by atoms with Crippen molar-refractivity contribution >= 4 is 22.6 Å². The van der Waals surface area contributed by atoms with Crippen LogP contribution >= 0.6 is 11.6 Å². The minimum Gasteiger partial charge on any atom is -0.390 e. The van der Waals surface area contributed by atoms with Gasteiger partial charge in [0.05, 0.1) is 11.5 Å². The predicted molar refractivity (Wildman–Crippen MR) is 79.8 cm³/mol. The van der Waals surface area contributed by atoms with Gasteiger partial charge in [-0.05, 0) is 19.9 Å². The van der Waals surface area contributed by atoms with Gasteiger partial charge in [-0.1, -0.05) is 11.6 Å². The first-order chi connectivity index (χ1) is 10.9. The summed E-state index contributed by atoms with van der Waals surface area (Å²) in [4.78, 5) is 8.31. The quantitative estimate of drug-likeness (QED) is 0.797. The van der Waals surface area contributed by atoms with E-state index in [0.29, 0.717) is 17.2 Å². The summed E-state index contributed by atoms with van der Waals surface area (Å²) < 4.78 is 20.1. The molecule has 1 aliphatic carbocycles. The molecule has 0 aromatic carbocycles. The van der Waals surface area contributed by atoms with Crippen LogP contribution in [-0.2, 0) is 14.2 Å². The van der Waals surface area contributed by atoms with Crippen LogP contribution in [-0.4, -0.2) is 49.3 Å². The molecule has 8 heteroatoms. The SMILES string of the molecule is CC1(C)O[C@H]2[C@H](n3ccc4c(Cl)ncnc43)OC3(CC3O)[C@H]2O1. The summed E-state index contributed by atoms with van der Waals surface area (Å²) in [7, 11) is 0. The number of hydrogen-bond donors (Lipinski definition) is 1. The lowest BCUT2D eigenvalue weighted by Crippen LogP contribution is -2.34. The van der Waals surface area contributed by atoms with Crippen molar-refractivity contribution in [2.45, 2.75) is 56.2 Å². The molecular formula is C15H16ClN3O4. The molecule has 3 fully saturated rings. The molecule has 1 spiro atoms. The summed E-state index contributed by atoms with van der Waals surface area (Å²) in [5, 5.41) is 11.2. The lowest BCUT2D eigenvalue weighted by molar-refractivity contribution is -0.205. The largest absolute Gasteiger partial charge is 0.390 e. The standard InChI is InChI=1S/C15H16ClN3O4/c1-14(2)21-9-10(22-14)15(5-8(15)20)23-13(9)19-4-3-7-11(16)17-6-18-12(7)19/h3-4,6,8-10,13,20H,5H2,1-2H3/t8?,9-,10+,13-,15?/m1/s1. The fraction of sp³-hybridized carbons (Fsp3) is 0.600. The summed E-state index contributed by atoms with van der Waals surface area (Å²) in [6, 6.07) is 1.85. The number of aliphatic hydroxyl groups excluding tert-OH is 1. The van der Waals surface area contributed by atoms with Crippen LogP contribution in [0.25, 0.3) is 11.0 Å². The number of nitrogens with zero attached hydrogens (tertiary/aromatic N) is 3. The second-order valence-corrected chi connectivity index (χ2v) is 7.19. The van der Waals surface area contributed by atoms with Crippen molar-refractivity contribution in [3.63, 3.8) is 0 Å². The van der Waals surface area contributed by atoms with Gasteiger partial charge in [-0.3, -0.25) is 0 Å². The van der Waals surface area contributed by atoms with Gasteiger partial charge in [0, 0.05) is 12.6 Å². The Kier molecular flexibility index (Phi) is 2.60. The molecule has 5 rings (SSSR count). The second-order valence-electron chi connectivity index (χ2n) is 6.83. The number of halogens is 1. The Morgan fingerprint density at radius 2 is 2.09 bits per heavy atom. The van der Waals surface area contributed by atoms with Gasteiger partial charge in [0.25, 0.3) is 0 Å². The van der Waals surface area contributed by atoms with Crippen LogP contribution in [0.5, 0.6) is 0 Å². The first-order valence-corrected chi connectivity index (χ1v) is 7.98. The molecule has 4 heterocycles. The number of rotatable bonds is 1. The van der Waals surface area contributed by atoms with Crippen molar-refractivity contribution in [2.24, 2.45) is 0 Å². The third kappa shape index (κ3) is 1.79. The van der Waals surface area contributed by atoms with Gasteiger partial charge in [0.2, 0.25) is 0 Å². The highest BCUT2D eigenvalue weighted by atomic mass is 35.5. The molecule has 2 aromatic heterocycles. The van der Waals surface area contributed by atoms with E-state index in [9.17, 15) is 5.11 Å². The zero-order chi connectivity index (χ0) is 16.0. The van der Waals surface area contributed by atoms with Gasteiger partial charge in [-0.2, -0.15) is 0 Å². The molecule has 5 atom stereocenters. The van der Waals surface area contributed by atoms with Crippen LogP contribution in [0.4, 0.5) is 0 Å². The Bertz CT molecular complexity index is 809. The fourth-order valence-corrected chi connectivity index (χ4v) is 3.96. The molecule has 3 aliphatic rings. The van der Waals surface area contributed by atoms with Gasteiger partial charge in [-0.15, -0.1) is 0 Å². The number of fused-ring (bicyclic) bond motifs is 3. The van der Waals surface area contributed by atoms with Crippen molar-refractivity contribution in [1.29, 1.82) is 0 Å². The minimum atomic E-state index is -0.706. The van der Waals surface area contributed by atoms with E-state index >= 15 is 0 Å². The normalized spacial score (nSPS) is 40.9. The fourth-order valence-electron chi connectivity index (χ4n) is 3.77. The molecule has 2 aromatic rings.